The molecule has 0 fully saturated rings. The zero-order valence-electron chi connectivity index (χ0n) is 10.9. The lowest BCUT2D eigenvalue weighted by Crippen LogP contribution is -2.33. The van der Waals surface area contributed by atoms with E-state index < -0.39 is 40.8 Å². The Balaban J connectivity index is 5.95. The van der Waals surface area contributed by atoms with Crippen molar-refractivity contribution >= 4 is 24.3 Å². The number of hydrogen-bond acceptors (Lipinski definition) is 4. The Bertz CT molecular complexity index is 612. The Morgan fingerprint density at radius 2 is 1.29 bits per heavy atom. The van der Waals surface area contributed by atoms with Crippen molar-refractivity contribution in [2.75, 3.05) is 0 Å². The Morgan fingerprint density at radius 3 is 1.57 bits per heavy atom. The zero-order chi connectivity index (χ0) is 17.3. The molecule has 0 aromatic heterocycles. The normalized spacial score (nSPS) is 17.6. The molecular weight excluding hydrogens is 350 g/mol. The van der Waals surface area contributed by atoms with Crippen molar-refractivity contribution in [3.63, 3.8) is 0 Å². The molecule has 0 aliphatic rings. The lowest BCUT2D eigenvalue weighted by Gasteiger charge is -2.16. The van der Waals surface area contributed by atoms with Crippen LogP contribution in [0.25, 0.3) is 0 Å². The molecule has 0 bridgehead atoms. The highest BCUT2D eigenvalue weighted by atomic mass is 32.3. The van der Waals surface area contributed by atoms with Crippen LogP contribution in [0.5, 0.6) is 0 Å². The van der Waals surface area contributed by atoms with Crippen LogP contribution in [0, 0.1) is 5.41 Å². The second kappa shape index (κ2) is 5.71. The summed E-state index contributed by atoms with van der Waals surface area (Å²) in [5, 5.41) is 0. The Kier molecular flexibility index (Phi) is 5.46. The molecule has 0 saturated carbocycles. The predicted molar refractivity (Wildman–Crippen MR) is 64.9 cm³/mol. The summed E-state index contributed by atoms with van der Waals surface area (Å²) in [6, 6.07) is 0. The molecule has 0 N–H and O–H groups in total. The molecule has 0 rings (SSSR count). The van der Waals surface area contributed by atoms with E-state index in [1.165, 1.54) is 20.8 Å². The van der Waals surface area contributed by atoms with E-state index in [-0.39, 0.29) is 6.26 Å². The molecule has 0 spiro atoms. The van der Waals surface area contributed by atoms with Crippen LogP contribution >= 0.6 is 0 Å². The zero-order valence-corrected chi connectivity index (χ0v) is 12.6. The van der Waals surface area contributed by atoms with Crippen molar-refractivity contribution in [2.45, 2.75) is 31.8 Å². The van der Waals surface area contributed by atoms with Crippen LogP contribution in [0.1, 0.15) is 20.8 Å². The molecular formula is C9H12F6O4S2. The van der Waals surface area contributed by atoms with Crippen LogP contribution < -0.4 is 0 Å². The Morgan fingerprint density at radius 1 is 0.857 bits per heavy atom. The van der Waals surface area contributed by atoms with Gasteiger partial charge < -0.3 is 4.18 Å². The van der Waals surface area contributed by atoms with Crippen LogP contribution in [-0.2, 0) is 23.8 Å². The molecule has 0 heterocycles. The second-order valence-electron chi connectivity index (χ2n) is 4.84. The van der Waals surface area contributed by atoms with Gasteiger partial charge in [0.05, 0.1) is 0 Å². The van der Waals surface area contributed by atoms with Crippen molar-refractivity contribution in [3.8, 4) is 0 Å². The summed E-state index contributed by atoms with van der Waals surface area (Å²) < 4.78 is 109. The Labute approximate surface area is 117 Å². The summed E-state index contributed by atoms with van der Waals surface area (Å²) in [6.45, 7) is 4.54. The van der Waals surface area contributed by atoms with Crippen molar-refractivity contribution in [1.29, 1.82) is 0 Å². The van der Waals surface area contributed by atoms with Gasteiger partial charge in [-0.05, 0) is 11.5 Å². The van der Waals surface area contributed by atoms with Gasteiger partial charge in [0, 0.05) is 0 Å². The average molecular weight is 362 g/mol. The van der Waals surface area contributed by atoms with Crippen LogP contribution in [0.3, 0.4) is 0 Å². The van der Waals surface area contributed by atoms with E-state index in [0.717, 1.165) is 6.08 Å². The number of rotatable bonds is 3. The number of sulfone groups is 1. The molecule has 0 aliphatic heterocycles. The van der Waals surface area contributed by atoms with E-state index >= 15 is 0 Å². The van der Waals surface area contributed by atoms with Gasteiger partial charge >= 0.3 is 11.0 Å². The van der Waals surface area contributed by atoms with Crippen LogP contribution in [0.2, 0.25) is 0 Å². The maximum atomic E-state index is 12.5. The van der Waals surface area contributed by atoms with Crippen LogP contribution in [-0.4, -0.2) is 28.3 Å². The first-order valence-corrected chi connectivity index (χ1v) is 8.13. The fraction of sp³-hybridized carbons (Fsp3) is 0.667. The van der Waals surface area contributed by atoms with E-state index in [4.69, 9.17) is 0 Å². The van der Waals surface area contributed by atoms with Gasteiger partial charge in [-0.3, -0.25) is 0 Å². The number of halogens is 6. The Hall–Kier alpha value is -0.910. The minimum atomic E-state index is -6.38. The number of hydrogen-bond donors (Lipinski definition) is 0. The molecule has 4 nitrogen and oxygen atoms in total. The maximum Gasteiger partial charge on any atom is 0.502 e. The summed E-state index contributed by atoms with van der Waals surface area (Å²) in [5.74, 6) is 0. The van der Waals surface area contributed by atoms with E-state index in [2.05, 4.69) is 4.18 Å². The molecule has 1 atom stereocenters. The van der Waals surface area contributed by atoms with E-state index in [1.807, 2.05) is 0 Å². The minimum Gasteiger partial charge on any atom is -0.410 e. The van der Waals surface area contributed by atoms with Gasteiger partial charge in [0.25, 0.3) is 9.84 Å². The monoisotopic (exact) mass is 362 g/mol. The summed E-state index contributed by atoms with van der Waals surface area (Å²) in [6.07, 6.45) is 1.24. The van der Waals surface area contributed by atoms with Gasteiger partial charge in [0.2, 0.25) is 9.80 Å². The molecule has 12 heteroatoms. The van der Waals surface area contributed by atoms with E-state index in [1.54, 1.807) is 0 Å². The average Bonchev–Trinajstić information content (AvgIpc) is 2.10. The molecule has 0 saturated heterocycles. The van der Waals surface area contributed by atoms with E-state index in [0.29, 0.717) is 0 Å². The first-order chi connectivity index (χ1) is 8.91. The van der Waals surface area contributed by atoms with Crippen LogP contribution in [0.15, 0.2) is 12.3 Å². The SMILES string of the molecule is CC(C)(C)/C=C\OS(=O)(=CS(=O)(=O)C(F)(F)F)C(F)(F)F. The largest absolute Gasteiger partial charge is 0.502 e. The fourth-order valence-corrected chi connectivity index (χ4v) is 3.39. The highest BCUT2D eigenvalue weighted by molar-refractivity contribution is 8.20. The summed E-state index contributed by atoms with van der Waals surface area (Å²) >= 11 is 0. The number of allylic oxidation sites excluding steroid dienone is 1. The van der Waals surface area contributed by atoms with Crippen molar-refractivity contribution in [3.05, 3.63) is 12.3 Å². The fourth-order valence-electron chi connectivity index (χ4n) is 0.668. The quantitative estimate of drug-likeness (QED) is 0.440. The standard InChI is InChI=1S/C9H12F6O4S2/c1-7(2,3)4-5-19-21(18,9(13,14)15)6-20(16,17)8(10,11)12/h4-6H,1-3H3/b5-4-. The molecule has 0 aromatic carbocycles. The van der Waals surface area contributed by atoms with Gasteiger partial charge in [-0.2, -0.15) is 26.3 Å². The summed E-state index contributed by atoms with van der Waals surface area (Å²) in [4.78, 5) is 0. The summed E-state index contributed by atoms with van der Waals surface area (Å²) in [5.41, 5.74) is -12.6. The van der Waals surface area contributed by atoms with Crippen molar-refractivity contribution in [2.24, 2.45) is 5.41 Å². The highest BCUT2D eigenvalue weighted by Gasteiger charge is 2.51. The van der Waals surface area contributed by atoms with Crippen LogP contribution in [0.4, 0.5) is 26.3 Å². The molecule has 21 heavy (non-hydrogen) atoms. The van der Waals surface area contributed by atoms with Gasteiger partial charge in [-0.15, -0.1) is 0 Å². The van der Waals surface area contributed by atoms with Gasteiger partial charge in [0.15, 0.2) is 0 Å². The smallest absolute Gasteiger partial charge is 0.410 e. The molecule has 0 radical (unpaired) electrons. The van der Waals surface area contributed by atoms with E-state index in [9.17, 15) is 39.0 Å². The van der Waals surface area contributed by atoms with Gasteiger partial charge in [-0.25, -0.2) is 12.6 Å². The molecule has 0 aliphatic carbocycles. The lowest BCUT2D eigenvalue weighted by molar-refractivity contribution is -0.0461. The molecule has 126 valence electrons. The molecule has 1 unspecified atom stereocenters. The minimum absolute atomic E-state index is 0.262. The topological polar surface area (TPSA) is 60.4 Å². The highest BCUT2D eigenvalue weighted by Crippen LogP contribution is 2.30. The first-order valence-electron chi connectivity index (χ1n) is 5.04. The second-order valence-corrected chi connectivity index (χ2v) is 8.91. The lowest BCUT2D eigenvalue weighted by atomic mass is 9.98. The third kappa shape index (κ3) is 5.77. The molecule has 0 amide bonds. The van der Waals surface area contributed by atoms with Gasteiger partial charge in [-0.1, -0.05) is 20.8 Å². The maximum absolute atomic E-state index is 12.5. The molecule has 0 aromatic rings. The predicted octanol–water partition coefficient (Wildman–Crippen LogP) is 2.98. The third-order valence-corrected chi connectivity index (χ3v) is 5.38. The first kappa shape index (κ1) is 20.1. The van der Waals surface area contributed by atoms with Crippen molar-refractivity contribution in [1.82, 2.24) is 0 Å². The summed E-state index contributed by atoms with van der Waals surface area (Å²) in [7, 11) is -12.3. The van der Waals surface area contributed by atoms with Crippen molar-refractivity contribution < 1.29 is 43.2 Å². The van der Waals surface area contributed by atoms with Gasteiger partial charge in [0.1, 0.15) is 11.0 Å². The number of alkyl halides is 6. The third-order valence-electron chi connectivity index (χ3n) is 1.67.